The highest BCUT2D eigenvalue weighted by Crippen LogP contribution is 2.10. The minimum atomic E-state index is 0.331. The van der Waals surface area contributed by atoms with Crippen molar-refractivity contribution in [3.8, 4) is 6.01 Å². The normalized spacial score (nSPS) is 10.2. The molecule has 0 bridgehead atoms. The second-order valence-corrected chi connectivity index (χ2v) is 3.99. The Hall–Kier alpha value is -1.59. The molecular formula is C12H23N5O. The van der Waals surface area contributed by atoms with E-state index < -0.39 is 0 Å². The fraction of sp³-hybridized carbons (Fsp3) is 0.750. The predicted molar refractivity (Wildman–Crippen MR) is 73.2 cm³/mol. The lowest BCUT2D eigenvalue weighted by Crippen LogP contribution is -2.10. The second-order valence-electron chi connectivity index (χ2n) is 3.99. The van der Waals surface area contributed by atoms with E-state index in [1.54, 1.807) is 7.11 Å². The molecule has 0 saturated heterocycles. The van der Waals surface area contributed by atoms with Gasteiger partial charge in [0.15, 0.2) is 0 Å². The Morgan fingerprint density at radius 1 is 0.944 bits per heavy atom. The van der Waals surface area contributed by atoms with Crippen LogP contribution in [0.15, 0.2) is 0 Å². The molecule has 0 radical (unpaired) electrons. The lowest BCUT2D eigenvalue weighted by molar-refractivity contribution is 0.379. The molecule has 6 nitrogen and oxygen atoms in total. The van der Waals surface area contributed by atoms with E-state index in [0.717, 1.165) is 19.5 Å². The molecule has 0 aromatic carbocycles. The molecule has 2 N–H and O–H groups in total. The van der Waals surface area contributed by atoms with Gasteiger partial charge in [-0.05, 0) is 13.3 Å². The number of hydrogen-bond donors (Lipinski definition) is 2. The van der Waals surface area contributed by atoms with E-state index >= 15 is 0 Å². The Kier molecular flexibility index (Phi) is 6.83. The summed E-state index contributed by atoms with van der Waals surface area (Å²) in [4.78, 5) is 12.5. The van der Waals surface area contributed by atoms with Gasteiger partial charge in [-0.2, -0.15) is 15.0 Å². The zero-order valence-electron chi connectivity index (χ0n) is 11.5. The number of anilines is 2. The zero-order chi connectivity index (χ0) is 13.2. The molecule has 1 rings (SSSR count). The van der Waals surface area contributed by atoms with Crippen LogP contribution in [0.2, 0.25) is 0 Å². The average molecular weight is 253 g/mol. The summed E-state index contributed by atoms with van der Waals surface area (Å²) in [5.41, 5.74) is 0. The molecular weight excluding hydrogens is 230 g/mol. The van der Waals surface area contributed by atoms with Crippen LogP contribution in [-0.4, -0.2) is 35.2 Å². The van der Waals surface area contributed by atoms with E-state index in [1.165, 1.54) is 19.3 Å². The van der Waals surface area contributed by atoms with E-state index in [1.807, 2.05) is 6.92 Å². The molecule has 18 heavy (non-hydrogen) atoms. The molecule has 0 fully saturated rings. The summed E-state index contributed by atoms with van der Waals surface area (Å²) >= 11 is 0. The monoisotopic (exact) mass is 253 g/mol. The Labute approximate surface area is 109 Å². The number of ether oxygens (including phenoxy) is 1. The van der Waals surface area contributed by atoms with Crippen molar-refractivity contribution >= 4 is 11.9 Å². The molecule has 1 aromatic heterocycles. The van der Waals surface area contributed by atoms with Crippen molar-refractivity contribution in [2.45, 2.75) is 39.5 Å². The first kappa shape index (κ1) is 14.5. The number of nitrogens with zero attached hydrogens (tertiary/aromatic N) is 3. The Balaban J connectivity index is 2.50. The first-order valence-corrected chi connectivity index (χ1v) is 6.58. The van der Waals surface area contributed by atoms with Crippen LogP contribution in [-0.2, 0) is 0 Å². The maximum absolute atomic E-state index is 5.04. The van der Waals surface area contributed by atoms with Crippen molar-refractivity contribution in [1.82, 2.24) is 15.0 Å². The second kappa shape index (κ2) is 8.49. The van der Waals surface area contributed by atoms with Crippen LogP contribution in [0.5, 0.6) is 6.01 Å². The molecule has 0 aliphatic rings. The van der Waals surface area contributed by atoms with Gasteiger partial charge in [0.05, 0.1) is 7.11 Å². The first-order valence-electron chi connectivity index (χ1n) is 6.58. The molecule has 0 saturated carbocycles. The Bertz CT molecular complexity index is 345. The third-order valence-corrected chi connectivity index (χ3v) is 2.45. The number of methoxy groups -OCH3 is 1. The van der Waals surface area contributed by atoms with Gasteiger partial charge in [0.25, 0.3) is 0 Å². The summed E-state index contributed by atoms with van der Waals surface area (Å²) in [6.07, 6.45) is 4.86. The largest absolute Gasteiger partial charge is 0.467 e. The zero-order valence-corrected chi connectivity index (χ0v) is 11.5. The van der Waals surface area contributed by atoms with Crippen molar-refractivity contribution < 1.29 is 4.74 Å². The topological polar surface area (TPSA) is 72.0 Å². The van der Waals surface area contributed by atoms with Gasteiger partial charge in [0, 0.05) is 13.1 Å². The average Bonchev–Trinajstić information content (AvgIpc) is 2.38. The van der Waals surface area contributed by atoms with E-state index in [2.05, 4.69) is 32.5 Å². The maximum atomic E-state index is 5.04. The van der Waals surface area contributed by atoms with Gasteiger partial charge in [-0.1, -0.05) is 26.2 Å². The van der Waals surface area contributed by atoms with Crippen LogP contribution in [0.25, 0.3) is 0 Å². The Morgan fingerprint density at radius 2 is 1.67 bits per heavy atom. The van der Waals surface area contributed by atoms with Crippen molar-refractivity contribution in [3.05, 3.63) is 0 Å². The van der Waals surface area contributed by atoms with Gasteiger partial charge in [0.1, 0.15) is 0 Å². The van der Waals surface area contributed by atoms with Crippen LogP contribution in [0.3, 0.4) is 0 Å². The quantitative estimate of drug-likeness (QED) is 0.658. The number of unbranched alkanes of at least 4 members (excludes halogenated alkanes) is 3. The molecule has 0 aliphatic heterocycles. The first-order chi connectivity index (χ1) is 8.80. The molecule has 0 unspecified atom stereocenters. The number of nitrogens with one attached hydrogen (secondary N) is 2. The summed E-state index contributed by atoms with van der Waals surface area (Å²) in [7, 11) is 1.55. The predicted octanol–water partition coefficient (Wildman–Crippen LogP) is 2.30. The summed E-state index contributed by atoms with van der Waals surface area (Å²) in [6, 6.07) is 0.331. The van der Waals surface area contributed by atoms with Crippen LogP contribution in [0.4, 0.5) is 11.9 Å². The lowest BCUT2D eigenvalue weighted by atomic mass is 10.2. The molecule has 0 atom stereocenters. The number of hydrogen-bond acceptors (Lipinski definition) is 6. The van der Waals surface area contributed by atoms with Crippen molar-refractivity contribution in [2.75, 3.05) is 30.8 Å². The van der Waals surface area contributed by atoms with Crippen LogP contribution >= 0.6 is 0 Å². The van der Waals surface area contributed by atoms with Crippen LogP contribution < -0.4 is 15.4 Å². The van der Waals surface area contributed by atoms with E-state index in [0.29, 0.717) is 17.9 Å². The molecule has 1 aromatic rings. The SMILES string of the molecule is CCCCCCNc1nc(NCC)nc(OC)n1. The molecule has 1 heterocycles. The minimum absolute atomic E-state index is 0.331. The maximum Gasteiger partial charge on any atom is 0.322 e. The molecule has 0 amide bonds. The van der Waals surface area contributed by atoms with E-state index in [-0.39, 0.29) is 0 Å². The highest BCUT2D eigenvalue weighted by atomic mass is 16.5. The van der Waals surface area contributed by atoms with Gasteiger partial charge < -0.3 is 15.4 Å². The summed E-state index contributed by atoms with van der Waals surface area (Å²) in [6.45, 7) is 5.84. The molecule has 0 spiro atoms. The van der Waals surface area contributed by atoms with Crippen LogP contribution in [0.1, 0.15) is 39.5 Å². The van der Waals surface area contributed by atoms with E-state index in [9.17, 15) is 0 Å². The van der Waals surface area contributed by atoms with Gasteiger partial charge in [0.2, 0.25) is 11.9 Å². The Morgan fingerprint density at radius 3 is 2.28 bits per heavy atom. The van der Waals surface area contributed by atoms with Crippen molar-refractivity contribution in [1.29, 1.82) is 0 Å². The highest BCUT2D eigenvalue weighted by molar-refractivity contribution is 5.35. The molecule has 6 heteroatoms. The van der Waals surface area contributed by atoms with Crippen molar-refractivity contribution in [2.24, 2.45) is 0 Å². The summed E-state index contributed by atoms with van der Waals surface area (Å²) in [5, 5.41) is 6.25. The van der Waals surface area contributed by atoms with Gasteiger partial charge in [-0.25, -0.2) is 0 Å². The van der Waals surface area contributed by atoms with Crippen molar-refractivity contribution in [3.63, 3.8) is 0 Å². The lowest BCUT2D eigenvalue weighted by Gasteiger charge is -2.08. The summed E-state index contributed by atoms with van der Waals surface area (Å²) in [5.74, 6) is 1.11. The van der Waals surface area contributed by atoms with E-state index in [4.69, 9.17) is 4.74 Å². The van der Waals surface area contributed by atoms with Gasteiger partial charge >= 0.3 is 6.01 Å². The molecule has 0 aliphatic carbocycles. The number of rotatable bonds is 9. The minimum Gasteiger partial charge on any atom is -0.467 e. The number of aromatic nitrogens is 3. The fourth-order valence-corrected chi connectivity index (χ4v) is 1.52. The highest BCUT2D eigenvalue weighted by Gasteiger charge is 2.05. The summed E-state index contributed by atoms with van der Waals surface area (Å²) < 4.78 is 5.04. The smallest absolute Gasteiger partial charge is 0.322 e. The van der Waals surface area contributed by atoms with Gasteiger partial charge in [-0.3, -0.25) is 0 Å². The fourth-order valence-electron chi connectivity index (χ4n) is 1.52. The third kappa shape index (κ3) is 5.16. The third-order valence-electron chi connectivity index (χ3n) is 2.45. The standard InChI is InChI=1S/C12H23N5O/c1-4-6-7-8-9-14-11-15-10(13-5-2)16-12(17-11)18-3/h4-9H2,1-3H3,(H2,13,14,15,16,17). The van der Waals surface area contributed by atoms with Crippen LogP contribution in [0, 0.1) is 0 Å². The van der Waals surface area contributed by atoms with Gasteiger partial charge in [-0.15, -0.1) is 0 Å². The molecule has 102 valence electrons.